The highest BCUT2D eigenvalue weighted by Crippen LogP contribution is 2.63. The van der Waals surface area contributed by atoms with Crippen molar-refractivity contribution in [3.63, 3.8) is 0 Å². The summed E-state index contributed by atoms with van der Waals surface area (Å²) in [6, 6.07) is 0. The molecule has 118 valence electrons. The Hall–Kier alpha value is -0.250. The molecule has 0 aliphatic heterocycles. The predicted molar refractivity (Wildman–Crippen MR) is 98.7 cm³/mol. The number of carbonyl (C=O) groups is 1. The summed E-state index contributed by atoms with van der Waals surface area (Å²) < 4.78 is 0. The van der Waals surface area contributed by atoms with E-state index in [0.717, 1.165) is 30.5 Å². The number of hydrogen-bond acceptors (Lipinski definition) is 1. The Morgan fingerprint density at radius 1 is 1.14 bits per heavy atom. The maximum absolute atomic E-state index is 12.6. The fourth-order valence-corrected chi connectivity index (χ4v) is 6.96. The third-order valence-electron chi connectivity index (χ3n) is 7.58. The van der Waals surface area contributed by atoms with Crippen molar-refractivity contribution in [3.05, 3.63) is 11.6 Å². The van der Waals surface area contributed by atoms with Crippen LogP contribution in [0.4, 0.5) is 0 Å². The Labute approximate surface area is 138 Å². The van der Waals surface area contributed by atoms with E-state index in [1.165, 1.54) is 31.0 Å². The van der Waals surface area contributed by atoms with Crippen molar-refractivity contribution < 1.29 is 4.79 Å². The molecule has 0 spiro atoms. The van der Waals surface area contributed by atoms with Crippen LogP contribution in [0, 0.1) is 28.6 Å². The molecule has 5 atom stereocenters. The molecule has 22 heavy (non-hydrogen) atoms. The molecule has 0 unspecified atom stereocenters. The lowest BCUT2D eigenvalue weighted by atomic mass is 9.48. The predicted octanol–water partition coefficient (Wildman–Crippen LogP) is 4.76. The van der Waals surface area contributed by atoms with Crippen molar-refractivity contribution >= 4 is 34.1 Å². The van der Waals surface area contributed by atoms with E-state index < -0.39 is 0 Å². The van der Waals surface area contributed by atoms with E-state index in [9.17, 15) is 4.79 Å². The Kier molecular flexibility index (Phi) is 3.39. The molecule has 0 aromatic rings. The van der Waals surface area contributed by atoms with Gasteiger partial charge >= 0.3 is 0 Å². The molecule has 0 amide bonds. The van der Waals surface area contributed by atoms with Gasteiger partial charge in [0.1, 0.15) is 0 Å². The first-order valence-corrected chi connectivity index (χ1v) is 9.74. The molecule has 0 bridgehead atoms. The van der Waals surface area contributed by atoms with Crippen LogP contribution < -0.4 is 0 Å². The maximum Gasteiger partial charge on any atom is 0.168 e. The second kappa shape index (κ2) is 4.87. The Balaban J connectivity index is 1.72. The van der Waals surface area contributed by atoms with Crippen LogP contribution >= 0.6 is 17.7 Å². The van der Waals surface area contributed by atoms with E-state index in [4.69, 9.17) is 0 Å². The van der Waals surface area contributed by atoms with Crippen LogP contribution in [-0.4, -0.2) is 16.4 Å². The van der Waals surface area contributed by atoms with Crippen LogP contribution in [0.15, 0.2) is 11.6 Å². The van der Waals surface area contributed by atoms with Crippen molar-refractivity contribution in [1.29, 1.82) is 0 Å². The van der Waals surface area contributed by atoms with Gasteiger partial charge in [-0.2, -0.15) is 0 Å². The molecule has 0 aromatic carbocycles. The van der Waals surface area contributed by atoms with Gasteiger partial charge in [-0.15, -0.1) is 17.7 Å². The summed E-state index contributed by atoms with van der Waals surface area (Å²) in [7, 11) is 7.44. The highest BCUT2D eigenvalue weighted by Gasteiger charge is 2.59. The summed E-state index contributed by atoms with van der Waals surface area (Å²) in [5, 5.41) is 2.42. The highest BCUT2D eigenvalue weighted by molar-refractivity contribution is 7.26. The molecule has 4 aliphatic rings. The van der Waals surface area contributed by atoms with Gasteiger partial charge in [0.15, 0.2) is 5.78 Å². The first kappa shape index (κ1) is 15.3. The van der Waals surface area contributed by atoms with E-state index >= 15 is 0 Å². The topological polar surface area (TPSA) is 17.1 Å². The highest BCUT2D eigenvalue weighted by atomic mass is 31.0. The van der Waals surface area contributed by atoms with Gasteiger partial charge in [-0.3, -0.25) is 4.79 Å². The second-order valence-corrected chi connectivity index (χ2v) is 9.82. The van der Waals surface area contributed by atoms with Gasteiger partial charge in [0.05, 0.1) is 0 Å². The number of Topliss-reactive ketones (excluding diaryl/α,β-unsaturated/α-hetero) is 1. The maximum atomic E-state index is 12.6. The third-order valence-corrected chi connectivity index (χ3v) is 8.44. The van der Waals surface area contributed by atoms with Gasteiger partial charge in [0.25, 0.3) is 0 Å². The average Bonchev–Trinajstić information content (AvgIpc) is 2.72. The minimum atomic E-state index is -0.0962. The Morgan fingerprint density at radius 2 is 1.91 bits per heavy atom. The van der Waals surface area contributed by atoms with Gasteiger partial charge < -0.3 is 0 Å². The zero-order chi connectivity index (χ0) is 15.7. The molecule has 0 aromatic heterocycles. The standard InChI is InChI=1S/C19H26OP2/c1-18-7-5-12(21)9-11(18)3-4-13-14(18)6-8-19(2)15(13)10-16(22)17(19)20/h3,13-15,21-22H,4-10H2,1-2H3/t13-,14+,15+,18+,19+/m1/s1. The smallest absolute Gasteiger partial charge is 0.168 e. The largest absolute Gasteiger partial charge is 0.294 e. The lowest BCUT2D eigenvalue weighted by Gasteiger charge is -2.56. The van der Waals surface area contributed by atoms with Crippen LogP contribution in [0.2, 0.25) is 0 Å². The van der Waals surface area contributed by atoms with Gasteiger partial charge in [0, 0.05) is 10.7 Å². The summed E-state index contributed by atoms with van der Waals surface area (Å²) in [6.07, 6.45) is 10.6. The molecule has 0 N–H and O–H groups in total. The molecule has 3 fully saturated rings. The van der Waals surface area contributed by atoms with Gasteiger partial charge in [0.2, 0.25) is 0 Å². The average molecular weight is 332 g/mol. The molecule has 0 heterocycles. The fourth-order valence-electron chi connectivity index (χ4n) is 6.14. The minimum absolute atomic E-state index is 0.0962. The van der Waals surface area contributed by atoms with Gasteiger partial charge in [-0.1, -0.05) is 25.5 Å². The van der Waals surface area contributed by atoms with E-state index in [1.54, 1.807) is 5.57 Å². The summed E-state index contributed by atoms with van der Waals surface area (Å²) in [5.41, 5.74) is 1.94. The number of ketones is 1. The summed E-state index contributed by atoms with van der Waals surface area (Å²) in [6.45, 7) is 4.74. The molecule has 3 heteroatoms. The van der Waals surface area contributed by atoms with Crippen molar-refractivity contribution in [2.75, 3.05) is 0 Å². The quantitative estimate of drug-likeness (QED) is 0.462. The first-order valence-electron chi connectivity index (χ1n) is 8.74. The van der Waals surface area contributed by atoms with Crippen molar-refractivity contribution in [2.24, 2.45) is 28.6 Å². The molecule has 3 saturated carbocycles. The lowest BCUT2D eigenvalue weighted by molar-refractivity contribution is -0.128. The summed E-state index contributed by atoms with van der Waals surface area (Å²) >= 11 is 0. The van der Waals surface area contributed by atoms with Crippen LogP contribution in [0.1, 0.15) is 58.8 Å². The van der Waals surface area contributed by atoms with E-state index in [2.05, 4.69) is 37.7 Å². The number of rotatable bonds is 0. The lowest BCUT2D eigenvalue weighted by Crippen LogP contribution is -2.50. The van der Waals surface area contributed by atoms with Crippen LogP contribution in [0.5, 0.6) is 0 Å². The molecule has 0 radical (unpaired) electrons. The fraction of sp³-hybridized carbons (Fsp3) is 0.737. The van der Waals surface area contributed by atoms with Gasteiger partial charge in [-0.05, 0) is 73.4 Å². The molecule has 1 nitrogen and oxygen atoms in total. The molecule has 0 saturated heterocycles. The monoisotopic (exact) mass is 332 g/mol. The molecular weight excluding hydrogens is 306 g/mol. The van der Waals surface area contributed by atoms with Crippen molar-refractivity contribution in [3.8, 4) is 0 Å². The zero-order valence-electron chi connectivity index (χ0n) is 13.7. The van der Waals surface area contributed by atoms with E-state index in [1.807, 2.05) is 0 Å². The van der Waals surface area contributed by atoms with Crippen molar-refractivity contribution in [1.82, 2.24) is 0 Å². The Morgan fingerprint density at radius 3 is 2.68 bits per heavy atom. The number of carbonyl (C=O) groups excluding carboxylic acids is 1. The first-order chi connectivity index (χ1) is 10.4. The van der Waals surface area contributed by atoms with Crippen LogP contribution in [0.3, 0.4) is 0 Å². The third kappa shape index (κ3) is 1.88. The molecular formula is C19H26OP2. The molecule has 4 rings (SSSR count). The van der Waals surface area contributed by atoms with Crippen LogP contribution in [-0.2, 0) is 4.79 Å². The zero-order valence-corrected chi connectivity index (χ0v) is 15.7. The second-order valence-electron chi connectivity index (χ2n) is 8.51. The number of fused-ring (bicyclic) bond motifs is 5. The SMILES string of the molecule is C[C@]12CCC(=P)CC1=CC[C@@H]1[C@@H]2CC[C@]2(C)C(=O)C(=P)C[C@@H]12. The Bertz CT molecular complexity index is 619. The van der Waals surface area contributed by atoms with Gasteiger partial charge in [-0.25, -0.2) is 0 Å². The summed E-state index contributed by atoms with van der Waals surface area (Å²) in [5.74, 6) is 2.42. The van der Waals surface area contributed by atoms with E-state index in [-0.39, 0.29) is 5.41 Å². The number of allylic oxidation sites excluding steroid dienone is 2. The van der Waals surface area contributed by atoms with Crippen LogP contribution in [0.25, 0.3) is 0 Å². The van der Waals surface area contributed by atoms with E-state index in [0.29, 0.717) is 23.0 Å². The minimum Gasteiger partial charge on any atom is -0.294 e. The summed E-state index contributed by atoms with van der Waals surface area (Å²) in [4.78, 5) is 12.6. The number of hydrogen-bond donors (Lipinski definition) is 0. The normalized spacial score (nSPS) is 47.6. The van der Waals surface area contributed by atoms with Crippen molar-refractivity contribution in [2.45, 2.75) is 58.8 Å². The molecule has 4 aliphatic carbocycles.